The standard InChI is InChI=1S/C22H18ClN3O4/c23-16-5-3-15(4-6-16)13-29-18-9-7-17(8-10-18)25-20(27)12-26-21(28)14-30-19-2-1-11-24-22(19)26/h1-11H,12-14H2,(H,25,27). The van der Waals surface area contributed by atoms with Gasteiger partial charge in [0.15, 0.2) is 18.2 Å². The molecule has 30 heavy (non-hydrogen) atoms. The van der Waals surface area contributed by atoms with Crippen LogP contribution in [-0.4, -0.2) is 29.9 Å². The van der Waals surface area contributed by atoms with Crippen molar-refractivity contribution in [3.8, 4) is 11.5 Å². The molecule has 0 aliphatic carbocycles. The Bertz CT molecular complexity index is 1050. The zero-order valence-electron chi connectivity index (χ0n) is 15.9. The largest absolute Gasteiger partial charge is 0.489 e. The van der Waals surface area contributed by atoms with Gasteiger partial charge in [0.2, 0.25) is 5.91 Å². The molecule has 0 bridgehead atoms. The molecular weight excluding hydrogens is 406 g/mol. The molecule has 2 heterocycles. The van der Waals surface area contributed by atoms with E-state index in [9.17, 15) is 9.59 Å². The van der Waals surface area contributed by atoms with Gasteiger partial charge in [-0.3, -0.25) is 14.5 Å². The number of rotatable bonds is 6. The van der Waals surface area contributed by atoms with Crippen molar-refractivity contribution >= 4 is 34.9 Å². The number of aromatic nitrogens is 1. The molecule has 0 fully saturated rings. The molecule has 8 heteroatoms. The smallest absolute Gasteiger partial charge is 0.266 e. The lowest BCUT2D eigenvalue weighted by atomic mass is 10.2. The minimum atomic E-state index is -0.336. The summed E-state index contributed by atoms with van der Waals surface area (Å²) < 4.78 is 11.1. The molecule has 3 aromatic rings. The highest BCUT2D eigenvalue weighted by atomic mass is 35.5. The van der Waals surface area contributed by atoms with E-state index >= 15 is 0 Å². The van der Waals surface area contributed by atoms with Crippen molar-refractivity contribution in [2.24, 2.45) is 0 Å². The first-order chi connectivity index (χ1) is 14.6. The molecule has 0 atom stereocenters. The lowest BCUT2D eigenvalue weighted by molar-refractivity contribution is -0.123. The Balaban J connectivity index is 1.34. The van der Waals surface area contributed by atoms with E-state index in [0.717, 1.165) is 5.56 Å². The van der Waals surface area contributed by atoms with Crippen LogP contribution in [0.1, 0.15) is 5.56 Å². The first-order valence-electron chi connectivity index (χ1n) is 9.24. The summed E-state index contributed by atoms with van der Waals surface area (Å²) in [6.45, 7) is 0.140. The predicted molar refractivity (Wildman–Crippen MR) is 113 cm³/mol. The van der Waals surface area contributed by atoms with Gasteiger partial charge in [-0.05, 0) is 54.1 Å². The molecule has 1 aliphatic heterocycles. The van der Waals surface area contributed by atoms with E-state index in [1.165, 1.54) is 4.90 Å². The highest BCUT2D eigenvalue weighted by molar-refractivity contribution is 6.30. The fraction of sp³-hybridized carbons (Fsp3) is 0.136. The summed E-state index contributed by atoms with van der Waals surface area (Å²) in [7, 11) is 0. The van der Waals surface area contributed by atoms with Crippen LogP contribution in [0.5, 0.6) is 11.5 Å². The van der Waals surface area contributed by atoms with Crippen LogP contribution in [-0.2, 0) is 16.2 Å². The summed E-state index contributed by atoms with van der Waals surface area (Å²) in [6.07, 6.45) is 1.55. The number of nitrogens with one attached hydrogen (secondary N) is 1. The van der Waals surface area contributed by atoms with Gasteiger partial charge in [0.25, 0.3) is 5.91 Å². The maximum Gasteiger partial charge on any atom is 0.266 e. The van der Waals surface area contributed by atoms with Crippen LogP contribution >= 0.6 is 11.6 Å². The first-order valence-corrected chi connectivity index (χ1v) is 9.61. The Kier molecular flexibility index (Phi) is 5.81. The van der Waals surface area contributed by atoms with Gasteiger partial charge in [-0.25, -0.2) is 4.98 Å². The van der Waals surface area contributed by atoms with E-state index in [2.05, 4.69) is 10.3 Å². The number of benzene rings is 2. The fourth-order valence-corrected chi connectivity index (χ4v) is 3.05. The number of hydrogen-bond donors (Lipinski definition) is 1. The molecule has 2 aromatic carbocycles. The fourth-order valence-electron chi connectivity index (χ4n) is 2.92. The second-order valence-electron chi connectivity index (χ2n) is 6.58. The molecule has 1 aromatic heterocycles. The van der Waals surface area contributed by atoms with Crippen LogP contribution in [0.4, 0.5) is 11.5 Å². The van der Waals surface area contributed by atoms with Gasteiger partial charge < -0.3 is 14.8 Å². The molecule has 7 nitrogen and oxygen atoms in total. The highest BCUT2D eigenvalue weighted by Crippen LogP contribution is 2.28. The summed E-state index contributed by atoms with van der Waals surface area (Å²) in [5.41, 5.74) is 1.60. The lowest BCUT2D eigenvalue weighted by Crippen LogP contribution is -2.43. The molecule has 0 saturated carbocycles. The molecule has 0 unspecified atom stereocenters. The summed E-state index contributed by atoms with van der Waals surface area (Å²) in [6, 6.07) is 17.9. The van der Waals surface area contributed by atoms with Gasteiger partial charge in [0.1, 0.15) is 18.9 Å². The second-order valence-corrected chi connectivity index (χ2v) is 7.02. The van der Waals surface area contributed by atoms with Gasteiger partial charge in [-0.2, -0.15) is 0 Å². The van der Waals surface area contributed by atoms with Gasteiger partial charge >= 0.3 is 0 Å². The number of nitrogens with zero attached hydrogens (tertiary/aromatic N) is 2. The summed E-state index contributed by atoms with van der Waals surface area (Å²) >= 11 is 5.88. The second kappa shape index (κ2) is 8.84. The molecule has 1 N–H and O–H groups in total. The Morgan fingerprint density at radius 1 is 1.13 bits per heavy atom. The van der Waals surface area contributed by atoms with E-state index in [-0.39, 0.29) is 25.0 Å². The van der Waals surface area contributed by atoms with E-state index in [4.69, 9.17) is 21.1 Å². The molecule has 0 saturated heterocycles. The van der Waals surface area contributed by atoms with Crippen LogP contribution in [0, 0.1) is 0 Å². The van der Waals surface area contributed by atoms with Crippen molar-refractivity contribution in [3.05, 3.63) is 77.4 Å². The number of ether oxygens (including phenoxy) is 2. The van der Waals surface area contributed by atoms with Crippen molar-refractivity contribution in [2.75, 3.05) is 23.4 Å². The van der Waals surface area contributed by atoms with Crippen LogP contribution in [0.3, 0.4) is 0 Å². The van der Waals surface area contributed by atoms with E-state index < -0.39 is 0 Å². The Hall–Kier alpha value is -3.58. The number of amides is 2. The van der Waals surface area contributed by atoms with Crippen LogP contribution in [0.15, 0.2) is 66.9 Å². The van der Waals surface area contributed by atoms with Gasteiger partial charge in [0, 0.05) is 16.9 Å². The summed E-state index contributed by atoms with van der Waals surface area (Å²) in [4.78, 5) is 30.1. The Labute approximate surface area is 178 Å². The van der Waals surface area contributed by atoms with Crippen molar-refractivity contribution in [2.45, 2.75) is 6.61 Å². The van der Waals surface area contributed by atoms with Gasteiger partial charge in [-0.1, -0.05) is 23.7 Å². The molecule has 2 amide bonds. The third kappa shape index (κ3) is 4.69. The zero-order chi connectivity index (χ0) is 20.9. The van der Waals surface area contributed by atoms with E-state index in [0.29, 0.717) is 34.6 Å². The minimum absolute atomic E-state index is 0.119. The average Bonchev–Trinajstić information content (AvgIpc) is 2.76. The third-order valence-electron chi connectivity index (χ3n) is 4.42. The average molecular weight is 424 g/mol. The third-order valence-corrected chi connectivity index (χ3v) is 4.67. The summed E-state index contributed by atoms with van der Waals surface area (Å²) in [5.74, 6) is 0.838. The highest BCUT2D eigenvalue weighted by Gasteiger charge is 2.28. The number of anilines is 2. The first kappa shape index (κ1) is 19.7. The number of carbonyl (C=O) groups is 2. The molecule has 152 valence electrons. The van der Waals surface area contributed by atoms with E-state index in [1.807, 2.05) is 24.3 Å². The van der Waals surface area contributed by atoms with Crippen molar-refractivity contribution in [1.82, 2.24) is 4.98 Å². The Morgan fingerprint density at radius 2 is 1.90 bits per heavy atom. The molecule has 1 aliphatic rings. The Morgan fingerprint density at radius 3 is 2.67 bits per heavy atom. The van der Waals surface area contributed by atoms with E-state index in [1.54, 1.807) is 42.6 Å². The number of carbonyl (C=O) groups excluding carboxylic acids is 2. The van der Waals surface area contributed by atoms with Crippen molar-refractivity contribution < 1.29 is 19.1 Å². The van der Waals surface area contributed by atoms with Gasteiger partial charge in [0.05, 0.1) is 0 Å². The van der Waals surface area contributed by atoms with Crippen molar-refractivity contribution in [3.63, 3.8) is 0 Å². The molecular formula is C22H18ClN3O4. The monoisotopic (exact) mass is 423 g/mol. The number of hydrogen-bond acceptors (Lipinski definition) is 5. The number of halogens is 1. The topological polar surface area (TPSA) is 80.8 Å². The quantitative estimate of drug-likeness (QED) is 0.654. The van der Waals surface area contributed by atoms with Crippen LogP contribution in [0.25, 0.3) is 0 Å². The summed E-state index contributed by atoms with van der Waals surface area (Å²) in [5, 5.41) is 3.45. The minimum Gasteiger partial charge on any atom is -0.489 e. The SMILES string of the molecule is O=C(CN1C(=O)COc2cccnc21)Nc1ccc(OCc2ccc(Cl)cc2)cc1. The maximum atomic E-state index is 12.4. The molecule has 0 spiro atoms. The van der Waals surface area contributed by atoms with Crippen molar-refractivity contribution in [1.29, 1.82) is 0 Å². The maximum absolute atomic E-state index is 12.4. The molecule has 4 rings (SSSR count). The van der Waals surface area contributed by atoms with Crippen LogP contribution < -0.4 is 19.7 Å². The van der Waals surface area contributed by atoms with Gasteiger partial charge in [-0.15, -0.1) is 0 Å². The zero-order valence-corrected chi connectivity index (χ0v) is 16.6. The normalized spacial score (nSPS) is 12.7. The molecule has 0 radical (unpaired) electrons. The predicted octanol–water partition coefficient (Wildman–Crippen LogP) is 3.68. The number of fused-ring (bicyclic) bond motifs is 1. The lowest BCUT2D eigenvalue weighted by Gasteiger charge is -2.27. The number of pyridine rings is 1. The van der Waals surface area contributed by atoms with Crippen LogP contribution in [0.2, 0.25) is 5.02 Å².